The van der Waals surface area contributed by atoms with E-state index in [0.717, 1.165) is 36.1 Å². The fourth-order valence-electron chi connectivity index (χ4n) is 4.94. The lowest BCUT2D eigenvalue weighted by molar-refractivity contribution is 0.602. The van der Waals surface area contributed by atoms with E-state index in [-0.39, 0.29) is 16.5 Å². The molecule has 3 aromatic rings. The van der Waals surface area contributed by atoms with Crippen LogP contribution in [0.3, 0.4) is 0 Å². The number of para-hydroxylation sites is 1. The summed E-state index contributed by atoms with van der Waals surface area (Å²) in [6.07, 6.45) is 2.49. The van der Waals surface area contributed by atoms with Gasteiger partial charge in [0.2, 0.25) is 5.95 Å². The van der Waals surface area contributed by atoms with Gasteiger partial charge in [0.1, 0.15) is 0 Å². The van der Waals surface area contributed by atoms with Gasteiger partial charge in [-0.1, -0.05) is 18.2 Å². The number of piperidine rings is 1. The van der Waals surface area contributed by atoms with Crippen LogP contribution in [0.25, 0.3) is 10.9 Å². The molecular formula is C24H28N4O3S. The summed E-state index contributed by atoms with van der Waals surface area (Å²) in [6, 6.07) is 10.6. The fourth-order valence-corrected chi connectivity index (χ4v) is 5.79. The molecule has 1 saturated heterocycles. The third-order valence-corrected chi connectivity index (χ3v) is 7.87. The van der Waals surface area contributed by atoms with Gasteiger partial charge in [0.25, 0.3) is 5.56 Å². The molecule has 2 fully saturated rings. The zero-order valence-electron chi connectivity index (χ0n) is 18.8. The van der Waals surface area contributed by atoms with Crippen LogP contribution in [0.2, 0.25) is 0 Å². The molecule has 7 nitrogen and oxygen atoms in total. The molecule has 1 saturated carbocycles. The second-order valence-electron chi connectivity index (χ2n) is 9.32. The first-order valence-electron chi connectivity index (χ1n) is 11.0. The predicted molar refractivity (Wildman–Crippen MR) is 127 cm³/mol. The van der Waals surface area contributed by atoms with Gasteiger partial charge < -0.3 is 10.2 Å². The molecule has 32 heavy (non-hydrogen) atoms. The Bertz CT molecular complexity index is 1390. The Morgan fingerprint density at radius 2 is 1.84 bits per heavy atom. The number of anilines is 2. The van der Waals surface area contributed by atoms with E-state index in [1.807, 2.05) is 32.0 Å². The van der Waals surface area contributed by atoms with Crippen LogP contribution in [0.15, 0.2) is 46.1 Å². The first-order chi connectivity index (χ1) is 15.1. The van der Waals surface area contributed by atoms with Crippen LogP contribution >= 0.6 is 0 Å². The van der Waals surface area contributed by atoms with E-state index in [0.29, 0.717) is 22.5 Å². The lowest BCUT2D eigenvalue weighted by Gasteiger charge is -2.24. The van der Waals surface area contributed by atoms with Gasteiger partial charge in [-0.15, -0.1) is 0 Å². The number of aryl methyl sites for hydroxylation is 1. The summed E-state index contributed by atoms with van der Waals surface area (Å²) in [5.74, 6) is 2.17. The normalized spacial score (nSPS) is 20.9. The highest BCUT2D eigenvalue weighted by atomic mass is 32.2. The first kappa shape index (κ1) is 21.0. The van der Waals surface area contributed by atoms with Crippen molar-refractivity contribution in [2.45, 2.75) is 31.2 Å². The molecule has 1 N–H and O–H groups in total. The first-order valence-corrected chi connectivity index (χ1v) is 12.8. The predicted octanol–water partition coefficient (Wildman–Crippen LogP) is 3.27. The molecule has 2 heterocycles. The van der Waals surface area contributed by atoms with Crippen LogP contribution in [0.1, 0.15) is 30.5 Å². The Morgan fingerprint density at radius 1 is 1.16 bits per heavy atom. The standard InChI is InChI=1S/C24H28N4O3S/c1-14-9-18(15(2)25-20-7-5-6-8-21(20)32(4,30)31)22-19(10-14)23(29)27(3)24(26-22)28-12-16-11-17(16)13-28/h5-10,15-17,25H,11-13H2,1-4H3/t15-,16?,17?/m0/s1. The quantitative estimate of drug-likeness (QED) is 0.640. The molecule has 2 aromatic carbocycles. The zero-order chi connectivity index (χ0) is 22.8. The van der Waals surface area contributed by atoms with Crippen molar-refractivity contribution in [3.8, 4) is 0 Å². The molecule has 3 atom stereocenters. The molecule has 2 unspecified atom stereocenters. The monoisotopic (exact) mass is 452 g/mol. The molecule has 1 aliphatic heterocycles. The van der Waals surface area contributed by atoms with Gasteiger partial charge in [-0.05, 0) is 55.9 Å². The van der Waals surface area contributed by atoms with Gasteiger partial charge in [-0.25, -0.2) is 13.4 Å². The molecule has 0 amide bonds. The summed E-state index contributed by atoms with van der Waals surface area (Å²) in [4.78, 5) is 20.7. The SMILES string of the molecule is Cc1cc([C@H](C)Nc2ccccc2S(C)(=O)=O)c2nc(N3CC4CC4C3)n(C)c(=O)c2c1. The maximum atomic E-state index is 13.3. The number of hydrogen-bond acceptors (Lipinski definition) is 6. The van der Waals surface area contributed by atoms with E-state index >= 15 is 0 Å². The molecule has 1 aliphatic carbocycles. The molecule has 2 aliphatic rings. The topological polar surface area (TPSA) is 84.3 Å². The Kier molecular flexibility index (Phi) is 4.81. The van der Waals surface area contributed by atoms with Crippen LogP contribution in [0.5, 0.6) is 0 Å². The van der Waals surface area contributed by atoms with Crippen LogP contribution < -0.4 is 15.8 Å². The molecule has 5 rings (SSSR count). The average molecular weight is 453 g/mol. The van der Waals surface area contributed by atoms with Crippen LogP contribution in [-0.2, 0) is 16.9 Å². The van der Waals surface area contributed by atoms with Crippen molar-refractivity contribution in [2.75, 3.05) is 29.6 Å². The third kappa shape index (κ3) is 3.56. The van der Waals surface area contributed by atoms with Crippen LogP contribution in [0, 0.1) is 18.8 Å². The second-order valence-corrected chi connectivity index (χ2v) is 11.3. The Morgan fingerprint density at radius 3 is 2.53 bits per heavy atom. The Hall–Kier alpha value is -2.87. The smallest absolute Gasteiger partial charge is 0.262 e. The minimum absolute atomic E-state index is 0.0562. The number of fused-ring (bicyclic) bond motifs is 2. The minimum atomic E-state index is -3.38. The van der Waals surface area contributed by atoms with E-state index < -0.39 is 9.84 Å². The van der Waals surface area contributed by atoms with E-state index in [1.165, 1.54) is 12.7 Å². The molecular weight excluding hydrogens is 424 g/mol. The highest BCUT2D eigenvalue weighted by Gasteiger charge is 2.46. The maximum Gasteiger partial charge on any atom is 0.262 e. The number of sulfone groups is 1. The lowest BCUT2D eigenvalue weighted by Crippen LogP contribution is -2.31. The number of hydrogen-bond donors (Lipinski definition) is 1. The van der Waals surface area contributed by atoms with Crippen LogP contribution in [0.4, 0.5) is 11.6 Å². The van der Waals surface area contributed by atoms with Gasteiger partial charge in [0.05, 0.1) is 27.5 Å². The van der Waals surface area contributed by atoms with E-state index in [1.54, 1.807) is 29.8 Å². The highest BCUT2D eigenvalue weighted by molar-refractivity contribution is 7.90. The molecule has 0 radical (unpaired) electrons. The number of benzene rings is 2. The van der Waals surface area contributed by atoms with Gasteiger partial charge in [-0.3, -0.25) is 9.36 Å². The zero-order valence-corrected chi connectivity index (χ0v) is 19.6. The molecule has 1 aromatic heterocycles. The van der Waals surface area contributed by atoms with Crippen molar-refractivity contribution in [3.63, 3.8) is 0 Å². The van der Waals surface area contributed by atoms with Crippen molar-refractivity contribution in [1.82, 2.24) is 9.55 Å². The molecule has 0 spiro atoms. The van der Waals surface area contributed by atoms with Crippen molar-refractivity contribution in [3.05, 3.63) is 57.9 Å². The fraction of sp³-hybridized carbons (Fsp3) is 0.417. The lowest BCUT2D eigenvalue weighted by atomic mass is 10.0. The van der Waals surface area contributed by atoms with E-state index in [9.17, 15) is 13.2 Å². The molecule has 8 heteroatoms. The van der Waals surface area contributed by atoms with Gasteiger partial charge in [-0.2, -0.15) is 0 Å². The van der Waals surface area contributed by atoms with Crippen LogP contribution in [-0.4, -0.2) is 37.3 Å². The van der Waals surface area contributed by atoms with Crippen molar-refractivity contribution in [2.24, 2.45) is 18.9 Å². The number of aromatic nitrogens is 2. The van der Waals surface area contributed by atoms with E-state index in [2.05, 4.69) is 10.2 Å². The summed E-state index contributed by atoms with van der Waals surface area (Å²) in [7, 11) is -1.59. The minimum Gasteiger partial charge on any atom is -0.377 e. The van der Waals surface area contributed by atoms with Crippen molar-refractivity contribution >= 4 is 32.4 Å². The summed E-state index contributed by atoms with van der Waals surface area (Å²) < 4.78 is 26.1. The van der Waals surface area contributed by atoms with Crippen molar-refractivity contribution in [1.29, 1.82) is 0 Å². The van der Waals surface area contributed by atoms with Gasteiger partial charge in [0.15, 0.2) is 9.84 Å². The third-order valence-electron chi connectivity index (χ3n) is 6.72. The molecule has 0 bridgehead atoms. The maximum absolute atomic E-state index is 13.3. The molecule has 168 valence electrons. The number of rotatable bonds is 5. The average Bonchev–Trinajstić information content (AvgIpc) is 3.35. The summed E-state index contributed by atoms with van der Waals surface area (Å²) in [5.41, 5.74) is 3.00. The van der Waals surface area contributed by atoms with Gasteiger partial charge >= 0.3 is 0 Å². The number of nitrogens with zero attached hydrogens (tertiary/aromatic N) is 3. The highest BCUT2D eigenvalue weighted by Crippen LogP contribution is 2.46. The van der Waals surface area contributed by atoms with Crippen molar-refractivity contribution < 1.29 is 8.42 Å². The summed E-state index contributed by atoms with van der Waals surface area (Å²) >= 11 is 0. The summed E-state index contributed by atoms with van der Waals surface area (Å²) in [6.45, 7) is 5.83. The summed E-state index contributed by atoms with van der Waals surface area (Å²) in [5, 5.41) is 3.93. The number of nitrogens with one attached hydrogen (secondary N) is 1. The largest absolute Gasteiger partial charge is 0.377 e. The Labute approximate surface area is 188 Å². The second kappa shape index (κ2) is 7.33. The van der Waals surface area contributed by atoms with E-state index in [4.69, 9.17) is 4.98 Å². The van der Waals surface area contributed by atoms with Gasteiger partial charge in [0, 0.05) is 32.0 Å². The Balaban J connectivity index is 1.61.